The molecular formula is C8H12P2. The Kier molecular flexibility index (Phi) is 2.45. The van der Waals surface area contributed by atoms with Crippen LogP contribution in [0.5, 0.6) is 0 Å². The Bertz CT molecular complexity index is 227. The molecule has 0 spiro atoms. The fourth-order valence-electron chi connectivity index (χ4n) is 0.854. The van der Waals surface area contributed by atoms with Crippen LogP contribution in [0.15, 0.2) is 12.1 Å². The Labute approximate surface area is 66.8 Å². The van der Waals surface area contributed by atoms with Crippen molar-refractivity contribution in [2.24, 2.45) is 0 Å². The van der Waals surface area contributed by atoms with Gasteiger partial charge >= 0.3 is 0 Å². The van der Waals surface area contributed by atoms with Crippen LogP contribution >= 0.6 is 18.5 Å². The average molecular weight is 170 g/mol. The lowest BCUT2D eigenvalue weighted by Crippen LogP contribution is -2.16. The second-order valence-corrected chi connectivity index (χ2v) is 3.68. The first kappa shape index (κ1) is 8.18. The van der Waals surface area contributed by atoms with Crippen molar-refractivity contribution in [3.8, 4) is 0 Å². The summed E-state index contributed by atoms with van der Waals surface area (Å²) in [6, 6.07) is 4.29. The predicted octanol–water partition coefficient (Wildman–Crippen LogP) is 1.30. The highest BCUT2D eigenvalue weighted by Crippen LogP contribution is 2.03. The zero-order chi connectivity index (χ0) is 7.72. The van der Waals surface area contributed by atoms with E-state index >= 15 is 0 Å². The maximum atomic E-state index is 2.76. The molecule has 0 aromatic heterocycles. The van der Waals surface area contributed by atoms with E-state index in [9.17, 15) is 0 Å². The fraction of sp³-hybridized carbons (Fsp3) is 0.250. The molecule has 0 aliphatic rings. The van der Waals surface area contributed by atoms with Gasteiger partial charge in [0.15, 0.2) is 0 Å². The first-order chi connectivity index (χ1) is 4.63. The maximum Gasteiger partial charge on any atom is -0.0200 e. The van der Waals surface area contributed by atoms with E-state index < -0.39 is 0 Å². The summed E-state index contributed by atoms with van der Waals surface area (Å²) in [7, 11) is 5.52. The molecule has 10 heavy (non-hydrogen) atoms. The highest BCUT2D eigenvalue weighted by molar-refractivity contribution is 7.36. The Morgan fingerprint density at radius 1 is 0.900 bits per heavy atom. The van der Waals surface area contributed by atoms with Gasteiger partial charge < -0.3 is 0 Å². The highest BCUT2D eigenvalue weighted by Gasteiger charge is 1.98. The normalized spacial score (nSPS) is 10.0. The van der Waals surface area contributed by atoms with Crippen LogP contribution in [0.3, 0.4) is 0 Å². The molecule has 0 nitrogen and oxygen atoms in total. The summed E-state index contributed by atoms with van der Waals surface area (Å²) in [6.45, 7) is 4.24. The SMILES string of the molecule is Cc1ccc(C)c(P)c1P. The molecule has 1 aromatic carbocycles. The third-order valence-electron chi connectivity index (χ3n) is 1.72. The molecule has 0 bridgehead atoms. The fourth-order valence-corrected chi connectivity index (χ4v) is 1.50. The van der Waals surface area contributed by atoms with Gasteiger partial charge in [-0.25, -0.2) is 0 Å². The molecule has 0 saturated heterocycles. The Morgan fingerprint density at radius 2 is 1.20 bits per heavy atom. The van der Waals surface area contributed by atoms with Crippen LogP contribution in [0.1, 0.15) is 11.1 Å². The summed E-state index contributed by atoms with van der Waals surface area (Å²) >= 11 is 0. The van der Waals surface area contributed by atoms with E-state index in [4.69, 9.17) is 0 Å². The lowest BCUT2D eigenvalue weighted by molar-refractivity contribution is 1.46. The van der Waals surface area contributed by atoms with Crippen LogP contribution in [0.4, 0.5) is 0 Å². The number of rotatable bonds is 0. The molecule has 0 amide bonds. The number of aryl methyl sites for hydroxylation is 2. The second kappa shape index (κ2) is 2.99. The molecule has 1 aromatic rings. The minimum atomic E-state index is 1.31. The van der Waals surface area contributed by atoms with Gasteiger partial charge in [0.25, 0.3) is 0 Å². The number of benzene rings is 1. The van der Waals surface area contributed by atoms with Crippen molar-refractivity contribution in [3.05, 3.63) is 23.3 Å². The van der Waals surface area contributed by atoms with Crippen molar-refractivity contribution in [2.75, 3.05) is 0 Å². The standard InChI is InChI=1S/C8H12P2/c1-5-3-4-6(2)8(10)7(5)9/h3-4H,9-10H2,1-2H3. The van der Waals surface area contributed by atoms with Crippen LogP contribution in [-0.4, -0.2) is 0 Å². The molecule has 1 rings (SSSR count). The van der Waals surface area contributed by atoms with Crippen molar-refractivity contribution in [1.82, 2.24) is 0 Å². The predicted molar refractivity (Wildman–Crippen MR) is 54.6 cm³/mol. The van der Waals surface area contributed by atoms with Crippen LogP contribution < -0.4 is 10.6 Å². The molecular weight excluding hydrogens is 158 g/mol. The van der Waals surface area contributed by atoms with Gasteiger partial charge in [0.2, 0.25) is 0 Å². The molecule has 0 radical (unpaired) electrons. The number of hydrogen-bond donors (Lipinski definition) is 0. The van der Waals surface area contributed by atoms with Gasteiger partial charge in [-0.3, -0.25) is 0 Å². The van der Waals surface area contributed by atoms with Gasteiger partial charge in [0.05, 0.1) is 0 Å². The van der Waals surface area contributed by atoms with E-state index in [-0.39, 0.29) is 0 Å². The summed E-state index contributed by atoms with van der Waals surface area (Å²) in [5.41, 5.74) is 2.67. The van der Waals surface area contributed by atoms with Crippen molar-refractivity contribution in [2.45, 2.75) is 13.8 Å². The van der Waals surface area contributed by atoms with Gasteiger partial charge in [-0.1, -0.05) is 12.1 Å². The van der Waals surface area contributed by atoms with E-state index in [1.807, 2.05) is 0 Å². The lowest BCUT2D eigenvalue weighted by Gasteiger charge is -2.05. The van der Waals surface area contributed by atoms with Crippen LogP contribution in [-0.2, 0) is 0 Å². The highest BCUT2D eigenvalue weighted by atomic mass is 31.0. The lowest BCUT2D eigenvalue weighted by atomic mass is 10.2. The summed E-state index contributed by atoms with van der Waals surface area (Å²) < 4.78 is 0. The third kappa shape index (κ3) is 1.39. The summed E-state index contributed by atoms with van der Waals surface area (Å²) in [5.74, 6) is 0. The van der Waals surface area contributed by atoms with Gasteiger partial charge in [-0.15, -0.1) is 18.5 Å². The van der Waals surface area contributed by atoms with E-state index in [1.54, 1.807) is 0 Å². The molecule has 0 aliphatic carbocycles. The Hall–Kier alpha value is 0.0800. The van der Waals surface area contributed by atoms with Gasteiger partial charge in [-0.05, 0) is 35.6 Å². The Balaban J connectivity index is 3.34. The largest absolute Gasteiger partial charge is 0.105 e. The second-order valence-electron chi connectivity index (χ2n) is 2.53. The van der Waals surface area contributed by atoms with E-state index in [0.717, 1.165) is 0 Å². The van der Waals surface area contributed by atoms with E-state index in [1.165, 1.54) is 21.7 Å². The third-order valence-corrected chi connectivity index (χ3v) is 3.59. The summed E-state index contributed by atoms with van der Waals surface area (Å²) in [5, 5.41) is 2.62. The van der Waals surface area contributed by atoms with E-state index in [0.29, 0.717) is 0 Å². The molecule has 2 atom stereocenters. The molecule has 0 aliphatic heterocycles. The minimum absolute atomic E-state index is 1.31. The molecule has 0 fully saturated rings. The van der Waals surface area contributed by atoms with Crippen molar-refractivity contribution in [1.29, 1.82) is 0 Å². The smallest absolute Gasteiger partial charge is 0.0200 e. The monoisotopic (exact) mass is 170 g/mol. The molecule has 2 unspecified atom stereocenters. The molecule has 2 heteroatoms. The summed E-state index contributed by atoms with van der Waals surface area (Å²) in [4.78, 5) is 0. The van der Waals surface area contributed by atoms with Gasteiger partial charge in [0.1, 0.15) is 0 Å². The van der Waals surface area contributed by atoms with Gasteiger partial charge in [-0.2, -0.15) is 0 Å². The van der Waals surface area contributed by atoms with Crippen molar-refractivity contribution in [3.63, 3.8) is 0 Å². The van der Waals surface area contributed by atoms with Crippen LogP contribution in [0, 0.1) is 13.8 Å². The maximum absolute atomic E-state index is 2.76. The quantitative estimate of drug-likeness (QED) is 0.515. The van der Waals surface area contributed by atoms with Crippen molar-refractivity contribution < 1.29 is 0 Å². The zero-order valence-corrected chi connectivity index (χ0v) is 8.62. The molecule has 0 N–H and O–H groups in total. The molecule has 0 heterocycles. The zero-order valence-electron chi connectivity index (χ0n) is 6.31. The van der Waals surface area contributed by atoms with Gasteiger partial charge in [0, 0.05) is 0 Å². The Morgan fingerprint density at radius 3 is 1.50 bits per heavy atom. The summed E-state index contributed by atoms with van der Waals surface area (Å²) in [6.07, 6.45) is 0. The number of hydrogen-bond acceptors (Lipinski definition) is 0. The first-order valence-corrected chi connectivity index (χ1v) is 4.39. The minimum Gasteiger partial charge on any atom is -0.105 e. The molecule has 0 saturated carbocycles. The van der Waals surface area contributed by atoms with Crippen LogP contribution in [0.25, 0.3) is 0 Å². The van der Waals surface area contributed by atoms with E-state index in [2.05, 4.69) is 44.5 Å². The van der Waals surface area contributed by atoms with Crippen LogP contribution in [0.2, 0.25) is 0 Å². The average Bonchev–Trinajstić information content (AvgIpc) is 1.93. The van der Waals surface area contributed by atoms with Crippen molar-refractivity contribution >= 4 is 29.1 Å². The topological polar surface area (TPSA) is 0 Å². The molecule has 54 valence electrons. The first-order valence-electron chi connectivity index (χ1n) is 3.24.